The first-order chi connectivity index (χ1) is 8.38. The van der Waals surface area contributed by atoms with Gasteiger partial charge in [0, 0.05) is 19.7 Å². The van der Waals surface area contributed by atoms with Crippen molar-refractivity contribution in [3.63, 3.8) is 0 Å². The molecule has 1 unspecified atom stereocenters. The van der Waals surface area contributed by atoms with Crippen molar-refractivity contribution in [2.45, 2.75) is 32.3 Å². The zero-order valence-corrected chi connectivity index (χ0v) is 10.3. The van der Waals surface area contributed by atoms with Gasteiger partial charge in [0.25, 0.3) is 0 Å². The van der Waals surface area contributed by atoms with Gasteiger partial charge in [-0.1, -0.05) is 6.92 Å². The van der Waals surface area contributed by atoms with E-state index in [0.717, 1.165) is 50.6 Å². The Hall–Kier alpha value is -1.36. The van der Waals surface area contributed by atoms with Crippen LogP contribution in [0, 0.1) is 0 Å². The minimum absolute atomic E-state index is 0.323. The van der Waals surface area contributed by atoms with Crippen LogP contribution in [0.15, 0.2) is 12.4 Å². The number of aromatic nitrogens is 2. The summed E-state index contributed by atoms with van der Waals surface area (Å²) in [5, 5.41) is 6.48. The fourth-order valence-electron chi connectivity index (χ4n) is 1.81. The monoisotopic (exact) mass is 236 g/mol. The van der Waals surface area contributed by atoms with E-state index in [1.165, 1.54) is 0 Å². The number of hydrogen-bond acceptors (Lipinski definition) is 5. The highest BCUT2D eigenvalue weighted by molar-refractivity contribution is 5.41. The average Bonchev–Trinajstić information content (AvgIpc) is 2.87. The topological polar surface area (TPSA) is 59.1 Å². The van der Waals surface area contributed by atoms with Crippen LogP contribution in [0.2, 0.25) is 0 Å². The highest BCUT2D eigenvalue weighted by atomic mass is 16.5. The second-order valence-electron chi connectivity index (χ2n) is 4.23. The van der Waals surface area contributed by atoms with Crippen molar-refractivity contribution in [3.8, 4) is 0 Å². The molecule has 0 aromatic carbocycles. The smallest absolute Gasteiger partial charge is 0.147 e. The van der Waals surface area contributed by atoms with Crippen LogP contribution < -0.4 is 10.6 Å². The molecule has 0 amide bonds. The highest BCUT2D eigenvalue weighted by Gasteiger charge is 2.14. The van der Waals surface area contributed by atoms with Crippen LogP contribution in [0.5, 0.6) is 0 Å². The van der Waals surface area contributed by atoms with E-state index in [4.69, 9.17) is 4.74 Å². The number of nitrogens with zero attached hydrogens (tertiary/aromatic N) is 2. The summed E-state index contributed by atoms with van der Waals surface area (Å²) < 4.78 is 5.54. The van der Waals surface area contributed by atoms with Crippen molar-refractivity contribution < 1.29 is 4.74 Å². The van der Waals surface area contributed by atoms with Gasteiger partial charge in [0.1, 0.15) is 11.6 Å². The fourth-order valence-corrected chi connectivity index (χ4v) is 1.81. The predicted molar refractivity (Wildman–Crippen MR) is 68.3 cm³/mol. The van der Waals surface area contributed by atoms with Crippen molar-refractivity contribution in [2.75, 3.05) is 30.3 Å². The van der Waals surface area contributed by atoms with Gasteiger partial charge in [0.15, 0.2) is 0 Å². The molecule has 5 nitrogen and oxygen atoms in total. The van der Waals surface area contributed by atoms with Gasteiger partial charge in [-0.3, -0.25) is 4.98 Å². The summed E-state index contributed by atoms with van der Waals surface area (Å²) in [7, 11) is 0. The zero-order valence-electron chi connectivity index (χ0n) is 10.3. The molecule has 1 aromatic heterocycles. The first-order valence-electron chi connectivity index (χ1n) is 6.30. The van der Waals surface area contributed by atoms with Crippen LogP contribution >= 0.6 is 0 Å². The molecule has 2 heterocycles. The lowest BCUT2D eigenvalue weighted by atomic mass is 10.2. The standard InChI is InChI=1S/C12H20N4O/c1-2-5-14-11-8-13-9-12(16-11)15-7-10-4-3-6-17-10/h8-10H,2-7H2,1H3,(H2,14,15,16). The van der Waals surface area contributed by atoms with Crippen molar-refractivity contribution in [2.24, 2.45) is 0 Å². The van der Waals surface area contributed by atoms with Gasteiger partial charge in [0.05, 0.1) is 18.5 Å². The Labute approximate surface area is 102 Å². The van der Waals surface area contributed by atoms with Crippen LogP contribution in [0.1, 0.15) is 26.2 Å². The van der Waals surface area contributed by atoms with Crippen molar-refractivity contribution in [1.82, 2.24) is 9.97 Å². The fraction of sp³-hybridized carbons (Fsp3) is 0.667. The molecule has 1 atom stereocenters. The molecule has 1 fully saturated rings. The molecule has 1 saturated heterocycles. The van der Waals surface area contributed by atoms with Gasteiger partial charge < -0.3 is 15.4 Å². The van der Waals surface area contributed by atoms with Crippen molar-refractivity contribution in [1.29, 1.82) is 0 Å². The van der Waals surface area contributed by atoms with E-state index in [-0.39, 0.29) is 0 Å². The third kappa shape index (κ3) is 3.85. The van der Waals surface area contributed by atoms with E-state index in [1.54, 1.807) is 12.4 Å². The second-order valence-corrected chi connectivity index (χ2v) is 4.23. The molecule has 0 spiro atoms. The molecular formula is C12H20N4O. The summed E-state index contributed by atoms with van der Waals surface area (Å²) in [5.41, 5.74) is 0. The van der Waals surface area contributed by atoms with Crippen LogP contribution in [-0.4, -0.2) is 35.8 Å². The van der Waals surface area contributed by atoms with Crippen LogP contribution in [0.3, 0.4) is 0 Å². The van der Waals surface area contributed by atoms with Gasteiger partial charge in [-0.2, -0.15) is 0 Å². The quantitative estimate of drug-likeness (QED) is 0.790. The van der Waals surface area contributed by atoms with E-state index < -0.39 is 0 Å². The van der Waals surface area contributed by atoms with Crippen LogP contribution in [-0.2, 0) is 4.74 Å². The van der Waals surface area contributed by atoms with Gasteiger partial charge in [0.2, 0.25) is 0 Å². The molecule has 2 rings (SSSR count). The van der Waals surface area contributed by atoms with Gasteiger partial charge >= 0.3 is 0 Å². The Balaban J connectivity index is 1.82. The van der Waals surface area contributed by atoms with E-state index >= 15 is 0 Å². The Kier molecular flexibility index (Phi) is 4.55. The molecule has 0 radical (unpaired) electrons. The molecule has 5 heteroatoms. The first-order valence-corrected chi connectivity index (χ1v) is 6.30. The maximum absolute atomic E-state index is 5.54. The molecule has 0 aliphatic carbocycles. The third-order valence-electron chi connectivity index (χ3n) is 2.73. The molecule has 0 bridgehead atoms. The van der Waals surface area contributed by atoms with Gasteiger partial charge in [-0.25, -0.2) is 4.98 Å². The van der Waals surface area contributed by atoms with Crippen molar-refractivity contribution >= 4 is 11.6 Å². The summed E-state index contributed by atoms with van der Waals surface area (Å²) in [6.45, 7) is 4.74. The summed E-state index contributed by atoms with van der Waals surface area (Å²) in [6.07, 6.45) is 7.18. The van der Waals surface area contributed by atoms with E-state index in [2.05, 4.69) is 27.5 Å². The lowest BCUT2D eigenvalue weighted by Crippen LogP contribution is -2.19. The largest absolute Gasteiger partial charge is 0.376 e. The molecule has 17 heavy (non-hydrogen) atoms. The Morgan fingerprint density at radius 2 is 2.18 bits per heavy atom. The highest BCUT2D eigenvalue weighted by Crippen LogP contribution is 2.13. The number of nitrogens with one attached hydrogen (secondary N) is 2. The predicted octanol–water partition coefficient (Wildman–Crippen LogP) is 1.89. The summed E-state index contributed by atoms with van der Waals surface area (Å²) in [6, 6.07) is 0. The summed E-state index contributed by atoms with van der Waals surface area (Å²) in [5.74, 6) is 1.63. The number of anilines is 2. The lowest BCUT2D eigenvalue weighted by Gasteiger charge is -2.11. The summed E-state index contributed by atoms with van der Waals surface area (Å²) in [4.78, 5) is 8.59. The van der Waals surface area contributed by atoms with E-state index in [1.807, 2.05) is 0 Å². The average molecular weight is 236 g/mol. The summed E-state index contributed by atoms with van der Waals surface area (Å²) >= 11 is 0. The van der Waals surface area contributed by atoms with Crippen molar-refractivity contribution in [3.05, 3.63) is 12.4 Å². The third-order valence-corrected chi connectivity index (χ3v) is 2.73. The Bertz CT molecular complexity index is 339. The SMILES string of the molecule is CCCNc1cncc(NCC2CCCO2)n1. The molecule has 1 aromatic rings. The van der Waals surface area contributed by atoms with Crippen LogP contribution in [0.4, 0.5) is 11.6 Å². The van der Waals surface area contributed by atoms with E-state index in [0.29, 0.717) is 6.10 Å². The Morgan fingerprint density at radius 1 is 1.35 bits per heavy atom. The Morgan fingerprint density at radius 3 is 2.88 bits per heavy atom. The molecule has 2 N–H and O–H groups in total. The van der Waals surface area contributed by atoms with E-state index in [9.17, 15) is 0 Å². The maximum Gasteiger partial charge on any atom is 0.147 e. The first kappa shape index (κ1) is 12.1. The molecule has 1 aliphatic heterocycles. The second kappa shape index (κ2) is 6.39. The lowest BCUT2D eigenvalue weighted by molar-refractivity contribution is 0.120. The maximum atomic E-state index is 5.54. The number of ether oxygens (including phenoxy) is 1. The normalized spacial score (nSPS) is 19.2. The number of hydrogen-bond donors (Lipinski definition) is 2. The molecule has 94 valence electrons. The zero-order chi connectivity index (χ0) is 11.9. The number of rotatable bonds is 6. The molecular weight excluding hydrogens is 216 g/mol. The molecule has 1 aliphatic rings. The minimum Gasteiger partial charge on any atom is -0.376 e. The van der Waals surface area contributed by atoms with Crippen LogP contribution in [0.25, 0.3) is 0 Å². The van der Waals surface area contributed by atoms with Gasteiger partial charge in [-0.05, 0) is 19.3 Å². The molecule has 0 saturated carbocycles. The minimum atomic E-state index is 0.323. The van der Waals surface area contributed by atoms with Gasteiger partial charge in [-0.15, -0.1) is 0 Å².